The van der Waals surface area contributed by atoms with E-state index in [1.165, 1.54) is 99.1 Å². The van der Waals surface area contributed by atoms with Crippen LogP contribution in [0.3, 0.4) is 0 Å². The van der Waals surface area contributed by atoms with Gasteiger partial charge in [-0.3, -0.25) is 0 Å². The largest absolute Gasteiger partial charge is 0.310 e. The van der Waals surface area contributed by atoms with Crippen molar-refractivity contribution in [3.8, 4) is 55.6 Å². The third-order valence-electron chi connectivity index (χ3n) is 13.7. The second kappa shape index (κ2) is 15.1. The molecule has 0 saturated heterocycles. The minimum atomic E-state index is -0.0843. The van der Waals surface area contributed by atoms with Gasteiger partial charge in [0.15, 0.2) is 0 Å². The van der Waals surface area contributed by atoms with E-state index in [4.69, 9.17) is 0 Å². The van der Waals surface area contributed by atoms with Crippen LogP contribution in [-0.4, -0.2) is 0 Å². The summed E-state index contributed by atoms with van der Waals surface area (Å²) in [5.41, 5.74) is 18.4. The lowest BCUT2D eigenvalue weighted by molar-refractivity contribution is 0.661. The van der Waals surface area contributed by atoms with Crippen molar-refractivity contribution in [3.05, 3.63) is 248 Å². The Bertz CT molecular complexity index is 3550. The van der Waals surface area contributed by atoms with Crippen LogP contribution in [0.25, 0.3) is 88.0 Å². The highest BCUT2D eigenvalue weighted by Gasteiger charge is 2.36. The highest BCUT2D eigenvalue weighted by atomic mass is 15.1. The van der Waals surface area contributed by atoms with Crippen molar-refractivity contribution in [2.45, 2.75) is 19.3 Å². The molecular formula is C63H45N. The smallest absolute Gasteiger partial charge is 0.0540 e. The number of hydrogen-bond acceptors (Lipinski definition) is 1. The zero-order chi connectivity index (χ0) is 42.8. The average Bonchev–Trinajstić information content (AvgIpc) is 3.60. The maximum Gasteiger partial charge on any atom is 0.0540 e. The van der Waals surface area contributed by atoms with Crippen LogP contribution < -0.4 is 4.90 Å². The van der Waals surface area contributed by atoms with Gasteiger partial charge in [-0.1, -0.05) is 220 Å². The molecule has 0 N–H and O–H groups in total. The number of anilines is 3. The van der Waals surface area contributed by atoms with Gasteiger partial charge in [0.05, 0.1) is 5.69 Å². The van der Waals surface area contributed by atoms with Crippen LogP contribution in [0.4, 0.5) is 17.1 Å². The Kier molecular flexibility index (Phi) is 8.91. The monoisotopic (exact) mass is 815 g/mol. The van der Waals surface area contributed by atoms with Gasteiger partial charge < -0.3 is 4.90 Å². The van der Waals surface area contributed by atoms with Crippen LogP contribution in [0.5, 0.6) is 0 Å². The van der Waals surface area contributed by atoms with Crippen LogP contribution in [0.15, 0.2) is 237 Å². The minimum Gasteiger partial charge on any atom is -0.310 e. The number of rotatable bonds is 7. The molecule has 0 bridgehead atoms. The summed E-state index contributed by atoms with van der Waals surface area (Å²) in [5, 5.41) is 7.49. The van der Waals surface area contributed by atoms with Gasteiger partial charge in [-0.25, -0.2) is 0 Å². The second-order valence-electron chi connectivity index (χ2n) is 17.6. The molecule has 0 amide bonds. The molecule has 0 aliphatic heterocycles. The van der Waals surface area contributed by atoms with E-state index < -0.39 is 0 Å². The summed E-state index contributed by atoms with van der Waals surface area (Å²) in [6, 6.07) is 87.1. The standard InChI is InChI=1S/C63H45N/c1-63(2)57-33-10-9-27-56(57)62-55-32-16-34-59(54(55)39-40-58(62)63)64(48-37-35-44(36-38-48)52-30-14-22-45-21-12-28-50(60(45)52)42-17-5-3-6-18-42)49-26-11-25-47(41-49)53-31-15-24-46-23-13-29-51(61(46)53)43-19-7-4-8-20-43/h3-41H,1-2H3. The molecule has 0 saturated carbocycles. The lowest BCUT2D eigenvalue weighted by atomic mass is 9.82. The topological polar surface area (TPSA) is 3.24 Å². The Morgan fingerprint density at radius 2 is 0.797 bits per heavy atom. The molecule has 0 aromatic heterocycles. The fourth-order valence-corrected chi connectivity index (χ4v) is 10.6. The van der Waals surface area contributed by atoms with Gasteiger partial charge >= 0.3 is 0 Å². The van der Waals surface area contributed by atoms with Crippen molar-refractivity contribution >= 4 is 49.4 Å². The zero-order valence-corrected chi connectivity index (χ0v) is 36.0. The molecule has 1 aliphatic carbocycles. The summed E-state index contributed by atoms with van der Waals surface area (Å²) in [4.78, 5) is 2.47. The van der Waals surface area contributed by atoms with Crippen LogP contribution in [0, 0.1) is 0 Å². The molecule has 12 rings (SSSR count). The molecule has 0 unspecified atom stereocenters. The predicted octanol–water partition coefficient (Wildman–Crippen LogP) is 17.6. The first kappa shape index (κ1) is 37.7. The average molecular weight is 816 g/mol. The fourth-order valence-electron chi connectivity index (χ4n) is 10.6. The highest BCUT2D eigenvalue weighted by molar-refractivity contribution is 6.11. The van der Waals surface area contributed by atoms with Crippen molar-refractivity contribution in [1.29, 1.82) is 0 Å². The Morgan fingerprint density at radius 1 is 0.312 bits per heavy atom. The molecular weight excluding hydrogens is 771 g/mol. The third kappa shape index (κ3) is 6.08. The van der Waals surface area contributed by atoms with E-state index in [1.807, 2.05) is 0 Å². The van der Waals surface area contributed by atoms with E-state index in [1.54, 1.807) is 0 Å². The molecule has 11 aromatic rings. The van der Waals surface area contributed by atoms with E-state index in [0.29, 0.717) is 0 Å². The van der Waals surface area contributed by atoms with E-state index in [0.717, 1.165) is 17.1 Å². The van der Waals surface area contributed by atoms with E-state index in [2.05, 4.69) is 255 Å². The third-order valence-corrected chi connectivity index (χ3v) is 13.7. The fraction of sp³-hybridized carbons (Fsp3) is 0.0476. The quantitative estimate of drug-likeness (QED) is 0.155. The summed E-state index contributed by atoms with van der Waals surface area (Å²) in [7, 11) is 0. The first-order valence-corrected chi connectivity index (χ1v) is 22.3. The normalized spacial score (nSPS) is 12.7. The number of fused-ring (bicyclic) bond motifs is 7. The van der Waals surface area contributed by atoms with Crippen molar-refractivity contribution < 1.29 is 0 Å². The zero-order valence-electron chi connectivity index (χ0n) is 36.0. The van der Waals surface area contributed by atoms with Crippen molar-refractivity contribution in [1.82, 2.24) is 0 Å². The number of nitrogens with zero attached hydrogens (tertiary/aromatic N) is 1. The molecule has 0 fully saturated rings. The predicted molar refractivity (Wildman–Crippen MR) is 273 cm³/mol. The Balaban J connectivity index is 1.06. The molecule has 11 aromatic carbocycles. The SMILES string of the molecule is CC1(C)c2ccccc2-c2c1ccc1c(N(c3ccc(-c4cccc5cccc(-c6ccccc6)c45)cc3)c3cccc(-c4cccc5cccc(-c6ccccc6)c45)c3)cccc21. The molecule has 0 atom stereocenters. The van der Waals surface area contributed by atoms with Crippen molar-refractivity contribution in [3.63, 3.8) is 0 Å². The van der Waals surface area contributed by atoms with E-state index in [-0.39, 0.29) is 5.41 Å². The van der Waals surface area contributed by atoms with Gasteiger partial charge in [-0.15, -0.1) is 0 Å². The molecule has 302 valence electrons. The Morgan fingerprint density at radius 3 is 1.41 bits per heavy atom. The van der Waals surface area contributed by atoms with E-state index >= 15 is 0 Å². The van der Waals surface area contributed by atoms with Crippen LogP contribution in [-0.2, 0) is 5.41 Å². The maximum absolute atomic E-state index is 2.47. The van der Waals surface area contributed by atoms with Crippen LogP contribution in [0.1, 0.15) is 25.0 Å². The first-order valence-electron chi connectivity index (χ1n) is 22.3. The Hall–Kier alpha value is -8.00. The van der Waals surface area contributed by atoms with Crippen molar-refractivity contribution in [2.75, 3.05) is 4.90 Å². The molecule has 0 spiro atoms. The summed E-state index contributed by atoms with van der Waals surface area (Å²) < 4.78 is 0. The number of hydrogen-bond donors (Lipinski definition) is 0. The number of benzene rings is 11. The maximum atomic E-state index is 2.47. The summed E-state index contributed by atoms with van der Waals surface area (Å²) >= 11 is 0. The lowest BCUT2D eigenvalue weighted by Gasteiger charge is -2.28. The second-order valence-corrected chi connectivity index (χ2v) is 17.6. The molecule has 0 heterocycles. The first-order chi connectivity index (χ1) is 31.5. The molecule has 1 heteroatoms. The van der Waals surface area contributed by atoms with Gasteiger partial charge in [0.1, 0.15) is 0 Å². The van der Waals surface area contributed by atoms with Gasteiger partial charge in [0.25, 0.3) is 0 Å². The van der Waals surface area contributed by atoms with Gasteiger partial charge in [0, 0.05) is 22.2 Å². The van der Waals surface area contributed by atoms with E-state index in [9.17, 15) is 0 Å². The summed E-state index contributed by atoms with van der Waals surface area (Å²) in [5.74, 6) is 0. The van der Waals surface area contributed by atoms with Gasteiger partial charge in [-0.05, 0) is 124 Å². The summed E-state index contributed by atoms with van der Waals surface area (Å²) in [6.45, 7) is 4.73. The summed E-state index contributed by atoms with van der Waals surface area (Å²) in [6.07, 6.45) is 0. The van der Waals surface area contributed by atoms with Gasteiger partial charge in [-0.2, -0.15) is 0 Å². The molecule has 64 heavy (non-hydrogen) atoms. The van der Waals surface area contributed by atoms with Gasteiger partial charge in [0.2, 0.25) is 0 Å². The van der Waals surface area contributed by atoms with Crippen LogP contribution in [0.2, 0.25) is 0 Å². The minimum absolute atomic E-state index is 0.0843. The highest BCUT2D eigenvalue weighted by Crippen LogP contribution is 2.53. The molecule has 0 radical (unpaired) electrons. The molecule has 1 nitrogen and oxygen atoms in total. The van der Waals surface area contributed by atoms with Crippen LogP contribution >= 0.6 is 0 Å². The Labute approximate surface area is 375 Å². The van der Waals surface area contributed by atoms with Crippen molar-refractivity contribution in [2.24, 2.45) is 0 Å². The molecule has 1 aliphatic rings. The lowest BCUT2D eigenvalue weighted by Crippen LogP contribution is -2.15.